The van der Waals surface area contributed by atoms with Crippen molar-refractivity contribution in [1.29, 1.82) is 0 Å². The van der Waals surface area contributed by atoms with Gasteiger partial charge in [-0.15, -0.1) is 0 Å². The van der Waals surface area contributed by atoms with E-state index in [1.165, 1.54) is 0 Å². The lowest BCUT2D eigenvalue weighted by molar-refractivity contribution is -0.140. The lowest BCUT2D eigenvalue weighted by Crippen LogP contribution is -2.62. The number of unbranched alkanes of at least 4 members (excludes halogenated alkanes) is 1. The summed E-state index contributed by atoms with van der Waals surface area (Å²) < 4.78 is 5.99. The monoisotopic (exact) mass is 333 g/mol. The topological polar surface area (TPSA) is 68.5 Å². The Kier molecular flexibility index (Phi) is 5.99. The van der Waals surface area contributed by atoms with Gasteiger partial charge in [-0.25, -0.2) is 0 Å². The van der Waals surface area contributed by atoms with Gasteiger partial charge in [0.05, 0.1) is 23.1 Å². The Bertz CT molecular complexity index is 586. The molecule has 134 valence electrons. The minimum atomic E-state index is -0.0311. The Balaban J connectivity index is 2.04. The van der Waals surface area contributed by atoms with Gasteiger partial charge in [0.1, 0.15) is 0 Å². The highest BCUT2D eigenvalue weighted by atomic mass is 16.5. The van der Waals surface area contributed by atoms with Crippen molar-refractivity contribution in [2.45, 2.75) is 65.6 Å². The van der Waals surface area contributed by atoms with Crippen molar-refractivity contribution in [3.8, 4) is 0 Å². The third-order valence-corrected chi connectivity index (χ3v) is 5.31. The SMILES string of the molecule is CCCCOC1CC(N(C)C(=O)c2ccc(CN)nc2C)C1(C)C. The molecule has 1 aromatic heterocycles. The highest BCUT2D eigenvalue weighted by Gasteiger charge is 2.52. The summed E-state index contributed by atoms with van der Waals surface area (Å²) in [6.45, 7) is 9.59. The van der Waals surface area contributed by atoms with Gasteiger partial charge in [0.2, 0.25) is 0 Å². The smallest absolute Gasteiger partial charge is 0.255 e. The molecule has 0 bridgehead atoms. The van der Waals surface area contributed by atoms with Gasteiger partial charge in [0.15, 0.2) is 0 Å². The Hall–Kier alpha value is -1.46. The van der Waals surface area contributed by atoms with Crippen LogP contribution in [0.5, 0.6) is 0 Å². The lowest BCUT2D eigenvalue weighted by Gasteiger charge is -2.55. The zero-order chi connectivity index (χ0) is 17.9. The average Bonchev–Trinajstić information content (AvgIpc) is 2.56. The van der Waals surface area contributed by atoms with Crippen LogP contribution < -0.4 is 5.73 Å². The number of aromatic nitrogens is 1. The fourth-order valence-corrected chi connectivity index (χ4v) is 3.46. The molecule has 1 fully saturated rings. The second-order valence-corrected chi connectivity index (χ2v) is 7.34. The maximum atomic E-state index is 12.9. The van der Waals surface area contributed by atoms with Crippen LogP contribution in [0.4, 0.5) is 0 Å². The van der Waals surface area contributed by atoms with Crippen LogP contribution in [0, 0.1) is 12.3 Å². The minimum absolute atomic E-state index is 0.0219. The highest BCUT2D eigenvalue weighted by molar-refractivity contribution is 5.95. The van der Waals surface area contributed by atoms with E-state index < -0.39 is 0 Å². The molecule has 0 saturated heterocycles. The maximum Gasteiger partial charge on any atom is 0.255 e. The molecule has 0 aromatic carbocycles. The molecule has 1 aliphatic carbocycles. The van der Waals surface area contributed by atoms with Gasteiger partial charge in [-0.2, -0.15) is 0 Å². The van der Waals surface area contributed by atoms with E-state index in [4.69, 9.17) is 10.5 Å². The lowest BCUT2D eigenvalue weighted by atomic mass is 9.63. The number of nitrogens with two attached hydrogens (primary N) is 1. The molecule has 0 radical (unpaired) electrons. The zero-order valence-electron chi connectivity index (χ0n) is 15.6. The van der Waals surface area contributed by atoms with Crippen LogP contribution >= 0.6 is 0 Å². The van der Waals surface area contributed by atoms with Crippen molar-refractivity contribution in [3.63, 3.8) is 0 Å². The van der Waals surface area contributed by atoms with Gasteiger partial charge in [-0.05, 0) is 31.9 Å². The molecule has 1 aliphatic rings. The van der Waals surface area contributed by atoms with Crippen molar-refractivity contribution in [1.82, 2.24) is 9.88 Å². The number of rotatable bonds is 7. The van der Waals surface area contributed by atoms with Gasteiger partial charge in [-0.1, -0.05) is 27.2 Å². The molecule has 2 N–H and O–H groups in total. The first-order chi connectivity index (χ1) is 11.3. The van der Waals surface area contributed by atoms with Gasteiger partial charge in [-0.3, -0.25) is 9.78 Å². The normalized spacial score (nSPS) is 22.1. The third kappa shape index (κ3) is 3.62. The van der Waals surface area contributed by atoms with Crippen LogP contribution in [-0.2, 0) is 11.3 Å². The van der Waals surface area contributed by atoms with Gasteiger partial charge in [0.25, 0.3) is 5.91 Å². The minimum Gasteiger partial charge on any atom is -0.378 e. The van der Waals surface area contributed by atoms with Gasteiger partial charge < -0.3 is 15.4 Å². The van der Waals surface area contributed by atoms with Gasteiger partial charge >= 0.3 is 0 Å². The van der Waals surface area contributed by atoms with Crippen LogP contribution in [0.15, 0.2) is 12.1 Å². The van der Waals surface area contributed by atoms with Crippen LogP contribution in [-0.4, -0.2) is 41.6 Å². The quantitative estimate of drug-likeness (QED) is 0.779. The molecular weight excluding hydrogens is 302 g/mol. The molecule has 2 unspecified atom stereocenters. The van der Waals surface area contributed by atoms with E-state index in [0.29, 0.717) is 12.1 Å². The van der Waals surface area contributed by atoms with Gasteiger partial charge in [0, 0.05) is 31.7 Å². The molecular formula is C19H31N3O2. The Morgan fingerprint density at radius 3 is 2.71 bits per heavy atom. The Morgan fingerprint density at radius 2 is 2.17 bits per heavy atom. The number of hydrogen-bond acceptors (Lipinski definition) is 4. The molecule has 2 rings (SSSR count). The first-order valence-electron chi connectivity index (χ1n) is 8.88. The number of nitrogens with zero attached hydrogens (tertiary/aromatic N) is 2. The van der Waals surface area contributed by atoms with Crippen LogP contribution in [0.25, 0.3) is 0 Å². The number of amides is 1. The van der Waals surface area contributed by atoms with E-state index in [9.17, 15) is 4.79 Å². The highest BCUT2D eigenvalue weighted by Crippen LogP contribution is 2.45. The first-order valence-corrected chi connectivity index (χ1v) is 8.88. The summed E-state index contributed by atoms with van der Waals surface area (Å²) in [7, 11) is 1.88. The van der Waals surface area contributed by atoms with E-state index in [1.54, 1.807) is 0 Å². The van der Waals surface area contributed by atoms with Crippen molar-refractivity contribution in [2.24, 2.45) is 11.1 Å². The number of ether oxygens (including phenoxy) is 1. The largest absolute Gasteiger partial charge is 0.378 e. The van der Waals surface area contributed by atoms with Crippen LogP contribution in [0.3, 0.4) is 0 Å². The molecule has 2 atom stereocenters. The summed E-state index contributed by atoms with van der Waals surface area (Å²) in [6, 6.07) is 3.85. The summed E-state index contributed by atoms with van der Waals surface area (Å²) in [5, 5.41) is 0. The Morgan fingerprint density at radius 1 is 1.46 bits per heavy atom. The van der Waals surface area contributed by atoms with E-state index >= 15 is 0 Å². The van der Waals surface area contributed by atoms with E-state index in [-0.39, 0.29) is 23.5 Å². The van der Waals surface area contributed by atoms with Crippen molar-refractivity contribution < 1.29 is 9.53 Å². The van der Waals surface area contributed by atoms with Crippen LogP contribution in [0.2, 0.25) is 0 Å². The fraction of sp³-hybridized carbons (Fsp3) is 0.684. The zero-order valence-corrected chi connectivity index (χ0v) is 15.6. The molecule has 1 heterocycles. The van der Waals surface area contributed by atoms with Crippen LogP contribution in [0.1, 0.15) is 61.8 Å². The molecule has 24 heavy (non-hydrogen) atoms. The second kappa shape index (κ2) is 7.62. The number of carbonyl (C=O) groups is 1. The van der Waals surface area contributed by atoms with Crippen molar-refractivity contribution in [2.75, 3.05) is 13.7 Å². The molecule has 0 aliphatic heterocycles. The van der Waals surface area contributed by atoms with E-state index in [0.717, 1.165) is 37.3 Å². The molecule has 5 nitrogen and oxygen atoms in total. The Labute approximate surface area is 145 Å². The van der Waals surface area contributed by atoms with Crippen molar-refractivity contribution >= 4 is 5.91 Å². The predicted octanol–water partition coefficient (Wildman–Crippen LogP) is 2.90. The molecule has 1 aromatic rings. The molecule has 1 amide bonds. The third-order valence-electron chi connectivity index (χ3n) is 5.31. The van der Waals surface area contributed by atoms with Crippen molar-refractivity contribution in [3.05, 3.63) is 29.1 Å². The molecule has 5 heteroatoms. The summed E-state index contributed by atoms with van der Waals surface area (Å²) in [5.74, 6) is 0.0219. The second-order valence-electron chi connectivity index (χ2n) is 7.34. The van der Waals surface area contributed by atoms with E-state index in [2.05, 4.69) is 25.8 Å². The summed E-state index contributed by atoms with van der Waals surface area (Å²) in [4.78, 5) is 19.1. The summed E-state index contributed by atoms with van der Waals surface area (Å²) in [6.07, 6.45) is 3.35. The van der Waals surface area contributed by atoms with E-state index in [1.807, 2.05) is 31.0 Å². The molecule has 0 spiro atoms. The first kappa shape index (κ1) is 18.9. The fourth-order valence-electron chi connectivity index (χ4n) is 3.46. The molecule has 1 saturated carbocycles. The number of carbonyl (C=O) groups excluding carboxylic acids is 1. The number of hydrogen-bond donors (Lipinski definition) is 1. The predicted molar refractivity (Wildman–Crippen MR) is 95.8 cm³/mol. The number of pyridine rings is 1. The maximum absolute atomic E-state index is 12.9. The average molecular weight is 333 g/mol. The standard InChI is InChI=1S/C19H31N3O2/c1-6-7-10-24-17-11-16(19(17,3)4)22(5)18(23)15-9-8-14(12-20)21-13(15)2/h8-9,16-17H,6-7,10-12,20H2,1-5H3. The summed E-state index contributed by atoms with van der Waals surface area (Å²) in [5.41, 5.74) is 7.78. The summed E-state index contributed by atoms with van der Waals surface area (Å²) >= 11 is 0. The number of aryl methyl sites for hydroxylation is 1.